The van der Waals surface area contributed by atoms with Crippen molar-refractivity contribution in [1.82, 2.24) is 14.1 Å². The first-order valence-electron chi connectivity index (χ1n) is 10.4. The lowest BCUT2D eigenvalue weighted by Gasteiger charge is -2.12. The number of non-ortho nitro benzene ring substituents is 4. The van der Waals surface area contributed by atoms with Crippen molar-refractivity contribution in [2.75, 3.05) is 0 Å². The minimum atomic E-state index is -0.896. The monoisotopic (exact) mass is 521 g/mol. The number of fused-ring (bicyclic) bond motifs is 6. The number of nitro benzene ring substituents is 4. The SMILES string of the molecule is Cn1c(=O)c2nc3c(=O)n(C)c4c([N+](=O)[O-])cc([N+](=O)[O-])cc4c3cc2c2cc([N+](=O)[O-])cc([N+](=O)[O-])c21. The van der Waals surface area contributed by atoms with Crippen LogP contribution in [0.4, 0.5) is 22.7 Å². The van der Waals surface area contributed by atoms with Crippen molar-refractivity contribution in [2.45, 2.75) is 0 Å². The van der Waals surface area contributed by atoms with E-state index in [2.05, 4.69) is 4.98 Å². The molecule has 190 valence electrons. The Balaban J connectivity index is 2.15. The summed E-state index contributed by atoms with van der Waals surface area (Å²) in [5.74, 6) is 0. The van der Waals surface area contributed by atoms with Crippen molar-refractivity contribution in [3.05, 3.63) is 91.5 Å². The zero-order chi connectivity index (χ0) is 27.8. The quantitative estimate of drug-likeness (QED) is 0.144. The Labute approximate surface area is 206 Å². The summed E-state index contributed by atoms with van der Waals surface area (Å²) < 4.78 is 1.75. The highest BCUT2D eigenvalue weighted by molar-refractivity contribution is 6.16. The number of hydrogen-bond acceptors (Lipinski definition) is 11. The summed E-state index contributed by atoms with van der Waals surface area (Å²) in [6, 6.07) is 4.55. The van der Waals surface area contributed by atoms with Crippen LogP contribution in [-0.4, -0.2) is 33.8 Å². The van der Waals surface area contributed by atoms with Gasteiger partial charge in [0.2, 0.25) is 0 Å². The number of aryl methyl sites for hydroxylation is 2. The molecule has 0 aliphatic heterocycles. The molecular weight excluding hydrogens is 510 g/mol. The summed E-state index contributed by atoms with van der Waals surface area (Å²) in [5, 5.41) is 46.0. The van der Waals surface area contributed by atoms with Crippen molar-refractivity contribution in [3.8, 4) is 0 Å². The Kier molecular flexibility index (Phi) is 4.91. The maximum atomic E-state index is 13.2. The van der Waals surface area contributed by atoms with Crippen LogP contribution in [0.15, 0.2) is 39.9 Å². The van der Waals surface area contributed by atoms with E-state index in [0.717, 1.165) is 21.3 Å². The topological polar surface area (TPSA) is 229 Å². The Morgan fingerprint density at radius 3 is 1.26 bits per heavy atom. The fourth-order valence-corrected chi connectivity index (χ4v) is 4.58. The van der Waals surface area contributed by atoms with Gasteiger partial charge in [-0.15, -0.1) is 0 Å². The molecule has 0 aliphatic carbocycles. The van der Waals surface area contributed by atoms with Gasteiger partial charge in [0.1, 0.15) is 22.1 Å². The smallest absolute Gasteiger partial charge is 0.300 e. The van der Waals surface area contributed by atoms with E-state index in [-0.39, 0.29) is 43.6 Å². The molecule has 2 aromatic carbocycles. The van der Waals surface area contributed by atoms with Gasteiger partial charge in [0.15, 0.2) is 0 Å². The molecule has 0 amide bonds. The summed E-state index contributed by atoms with van der Waals surface area (Å²) in [6.07, 6.45) is 0. The zero-order valence-corrected chi connectivity index (χ0v) is 19.1. The molecule has 3 heterocycles. The Morgan fingerprint density at radius 1 is 0.579 bits per heavy atom. The zero-order valence-electron chi connectivity index (χ0n) is 19.1. The molecule has 17 nitrogen and oxygen atoms in total. The van der Waals surface area contributed by atoms with Gasteiger partial charge >= 0.3 is 0 Å². The number of rotatable bonds is 4. The van der Waals surface area contributed by atoms with Crippen LogP contribution in [0, 0.1) is 40.5 Å². The van der Waals surface area contributed by atoms with Crippen LogP contribution in [0.25, 0.3) is 43.6 Å². The molecule has 5 rings (SSSR count). The maximum Gasteiger partial charge on any atom is 0.300 e. The van der Waals surface area contributed by atoms with E-state index in [1.165, 1.54) is 20.2 Å². The number of aromatic nitrogens is 3. The van der Waals surface area contributed by atoms with Crippen molar-refractivity contribution in [2.24, 2.45) is 14.1 Å². The minimum absolute atomic E-state index is 0.133. The van der Waals surface area contributed by atoms with Gasteiger partial charge in [0.25, 0.3) is 33.9 Å². The Morgan fingerprint density at radius 2 is 0.947 bits per heavy atom. The van der Waals surface area contributed by atoms with Crippen molar-refractivity contribution < 1.29 is 19.7 Å². The van der Waals surface area contributed by atoms with Crippen LogP contribution in [0.5, 0.6) is 0 Å². The number of nitrogens with zero attached hydrogens (tertiary/aromatic N) is 7. The normalized spacial score (nSPS) is 11.4. The van der Waals surface area contributed by atoms with Gasteiger partial charge in [0, 0.05) is 47.8 Å². The second-order valence-corrected chi connectivity index (χ2v) is 8.26. The molecule has 0 saturated heterocycles. The van der Waals surface area contributed by atoms with Gasteiger partial charge in [-0.2, -0.15) is 0 Å². The van der Waals surface area contributed by atoms with E-state index in [0.29, 0.717) is 12.1 Å². The Bertz CT molecular complexity index is 1970. The van der Waals surface area contributed by atoms with Gasteiger partial charge < -0.3 is 9.13 Å². The highest BCUT2D eigenvalue weighted by Gasteiger charge is 2.28. The minimum Gasteiger partial charge on any atom is -0.304 e. The van der Waals surface area contributed by atoms with E-state index < -0.39 is 53.6 Å². The van der Waals surface area contributed by atoms with Crippen LogP contribution >= 0.6 is 0 Å². The lowest BCUT2D eigenvalue weighted by atomic mass is 10.0. The largest absolute Gasteiger partial charge is 0.304 e. The van der Waals surface area contributed by atoms with Gasteiger partial charge in [-0.1, -0.05) is 0 Å². The first kappa shape index (κ1) is 23.9. The maximum absolute atomic E-state index is 13.2. The number of pyridine rings is 3. The summed E-state index contributed by atoms with van der Waals surface area (Å²) >= 11 is 0. The number of benzene rings is 2. The van der Waals surface area contributed by atoms with Crippen LogP contribution in [0.2, 0.25) is 0 Å². The molecule has 0 radical (unpaired) electrons. The summed E-state index contributed by atoms with van der Waals surface area (Å²) in [4.78, 5) is 73.5. The molecule has 0 fully saturated rings. The lowest BCUT2D eigenvalue weighted by Crippen LogP contribution is -2.22. The number of hydrogen-bond donors (Lipinski definition) is 0. The van der Waals surface area contributed by atoms with Crippen molar-refractivity contribution >= 4 is 66.4 Å². The molecule has 38 heavy (non-hydrogen) atoms. The predicted octanol–water partition coefficient (Wildman–Crippen LogP) is 2.72. The lowest BCUT2D eigenvalue weighted by molar-refractivity contribution is -0.393. The third-order valence-electron chi connectivity index (χ3n) is 6.25. The van der Waals surface area contributed by atoms with Crippen molar-refractivity contribution in [3.63, 3.8) is 0 Å². The second kappa shape index (κ2) is 7.82. The highest BCUT2D eigenvalue weighted by atomic mass is 16.6. The Hall–Kier alpha value is -5.87. The molecule has 0 bridgehead atoms. The van der Waals surface area contributed by atoms with Gasteiger partial charge in [0.05, 0.1) is 31.8 Å². The molecule has 0 saturated carbocycles. The molecular formula is C21H11N7O10. The standard InChI is InChI=1S/C21H11N7O10/c1-23-18-12(3-8(25(31)32)5-14(18)27(35)36)10-7-11-13-4-9(26(33)34)6-15(28(37)38)19(13)24(2)21(30)17(11)22-16(10)20(23)29/h3-7H,1-2H3. The summed E-state index contributed by atoms with van der Waals surface area (Å²) in [5.41, 5.74) is -5.80. The van der Waals surface area contributed by atoms with Gasteiger partial charge in [-0.25, -0.2) is 4.98 Å². The fourth-order valence-electron chi connectivity index (χ4n) is 4.58. The van der Waals surface area contributed by atoms with Gasteiger partial charge in [-0.05, 0) is 6.07 Å². The molecule has 0 unspecified atom stereocenters. The fraction of sp³-hybridized carbons (Fsp3) is 0.0952. The van der Waals surface area contributed by atoms with Crippen molar-refractivity contribution in [1.29, 1.82) is 0 Å². The van der Waals surface area contributed by atoms with E-state index in [9.17, 15) is 50.0 Å². The molecule has 0 spiro atoms. The van der Waals surface area contributed by atoms with Crippen LogP contribution in [-0.2, 0) is 14.1 Å². The highest BCUT2D eigenvalue weighted by Crippen LogP contribution is 2.37. The molecule has 0 atom stereocenters. The number of nitro groups is 4. The van der Waals surface area contributed by atoms with E-state index in [1.54, 1.807) is 0 Å². The van der Waals surface area contributed by atoms with E-state index in [1.807, 2.05) is 0 Å². The van der Waals surface area contributed by atoms with Crippen LogP contribution in [0.1, 0.15) is 0 Å². The molecule has 3 aromatic heterocycles. The van der Waals surface area contributed by atoms with Gasteiger partial charge in [-0.3, -0.25) is 50.0 Å². The average Bonchev–Trinajstić information content (AvgIpc) is 2.87. The predicted molar refractivity (Wildman–Crippen MR) is 131 cm³/mol. The summed E-state index contributed by atoms with van der Waals surface area (Å²) in [6.45, 7) is 0. The van der Waals surface area contributed by atoms with Crippen LogP contribution < -0.4 is 11.1 Å². The van der Waals surface area contributed by atoms with Crippen LogP contribution in [0.3, 0.4) is 0 Å². The first-order chi connectivity index (χ1) is 17.8. The molecule has 0 aliphatic rings. The first-order valence-corrected chi connectivity index (χ1v) is 10.4. The third-order valence-corrected chi connectivity index (χ3v) is 6.25. The molecule has 0 N–H and O–H groups in total. The summed E-state index contributed by atoms with van der Waals surface area (Å²) in [7, 11) is 2.39. The second-order valence-electron chi connectivity index (χ2n) is 8.26. The molecule has 17 heteroatoms. The molecule has 5 aromatic rings. The van der Waals surface area contributed by atoms with E-state index >= 15 is 0 Å². The van der Waals surface area contributed by atoms with E-state index in [4.69, 9.17) is 0 Å². The average molecular weight is 521 g/mol. The third kappa shape index (κ3) is 3.15.